The fraction of sp³-hybridized carbons (Fsp3) is 0.385. The molecule has 1 unspecified atom stereocenters. The third-order valence-electron chi connectivity index (χ3n) is 5.65. The van der Waals surface area contributed by atoms with Crippen molar-refractivity contribution >= 4 is 58.7 Å². The van der Waals surface area contributed by atoms with Crippen LogP contribution in [-0.2, 0) is 23.6 Å². The maximum Gasteiger partial charge on any atom is 0.327 e. The molecule has 2 aromatic heterocycles. The van der Waals surface area contributed by atoms with Crippen LogP contribution in [0.15, 0.2) is 40.8 Å². The Morgan fingerprint density at radius 1 is 1.02 bits per heavy atom. The summed E-state index contributed by atoms with van der Waals surface area (Å²) < 4.78 is 30.5. The Morgan fingerprint density at radius 2 is 1.60 bits per heavy atom. The number of carbonyl (C=O) groups excluding carboxylic acids is 3. The molecule has 0 saturated carbocycles. The van der Waals surface area contributed by atoms with Crippen LogP contribution in [0.25, 0.3) is 11.5 Å². The number of esters is 2. The Balaban J connectivity index is 2.07. The molecule has 0 spiro atoms. The number of nitrogen functional groups attached to an aromatic ring is 1. The van der Waals surface area contributed by atoms with Crippen LogP contribution in [0, 0.1) is 6.92 Å². The van der Waals surface area contributed by atoms with E-state index in [1.807, 2.05) is 19.1 Å². The zero-order valence-corrected chi connectivity index (χ0v) is 25.5. The molecule has 14 heteroatoms. The summed E-state index contributed by atoms with van der Waals surface area (Å²) in [5.41, 5.74) is 4.40. The zero-order valence-electron chi connectivity index (χ0n) is 23.0. The first-order valence-electron chi connectivity index (χ1n) is 12.2. The lowest BCUT2D eigenvalue weighted by Crippen LogP contribution is -2.55. The number of aryl methyl sites for hydroxylation is 1. The van der Waals surface area contributed by atoms with Crippen molar-refractivity contribution in [3.8, 4) is 11.5 Å². The molecule has 3 aromatic rings. The molecule has 216 valence electrons. The molecule has 11 nitrogen and oxygen atoms in total. The van der Waals surface area contributed by atoms with Gasteiger partial charge in [-0.1, -0.05) is 52.8 Å². The minimum Gasteiger partial charge on any atom is -0.465 e. The third kappa shape index (κ3) is 7.00. The molecule has 0 bridgehead atoms. The number of hydrogen-bond donors (Lipinski definition) is 3. The fourth-order valence-corrected chi connectivity index (χ4v) is 7.12. The van der Waals surface area contributed by atoms with Crippen molar-refractivity contribution in [3.05, 3.63) is 52.4 Å². The van der Waals surface area contributed by atoms with Gasteiger partial charge in [0.15, 0.2) is 22.5 Å². The molecule has 0 aliphatic heterocycles. The van der Waals surface area contributed by atoms with Gasteiger partial charge in [0.1, 0.15) is 21.6 Å². The van der Waals surface area contributed by atoms with E-state index in [-0.39, 0.29) is 39.4 Å². The molecule has 0 fully saturated rings. The molecule has 0 saturated heterocycles. The van der Waals surface area contributed by atoms with E-state index in [0.29, 0.717) is 5.56 Å². The predicted octanol–water partition coefficient (Wildman–Crippen LogP) is 4.38. The molecule has 0 aliphatic carbocycles. The van der Waals surface area contributed by atoms with E-state index >= 15 is 0 Å². The first-order chi connectivity index (χ1) is 18.6. The number of alkyl halides is 1. The lowest BCUT2D eigenvalue weighted by molar-refractivity contribution is -0.149. The largest absolute Gasteiger partial charge is 0.465 e. The van der Waals surface area contributed by atoms with Crippen LogP contribution in [-0.4, -0.2) is 46.5 Å². The van der Waals surface area contributed by atoms with E-state index in [9.17, 15) is 18.9 Å². The summed E-state index contributed by atoms with van der Waals surface area (Å²) in [5.74, 6) is -1.67. The summed E-state index contributed by atoms with van der Waals surface area (Å²) in [5, 5.41) is 5.69. The van der Waals surface area contributed by atoms with Crippen LogP contribution < -0.4 is 21.4 Å². The van der Waals surface area contributed by atoms with E-state index in [1.54, 1.807) is 19.1 Å². The van der Waals surface area contributed by atoms with Crippen molar-refractivity contribution < 1.29 is 32.8 Å². The number of aromatic nitrogens is 1. The predicted molar refractivity (Wildman–Crippen MR) is 154 cm³/mol. The van der Waals surface area contributed by atoms with E-state index < -0.39 is 36.5 Å². The van der Waals surface area contributed by atoms with Gasteiger partial charge >= 0.3 is 11.9 Å². The molecule has 2 heterocycles. The highest BCUT2D eigenvalue weighted by Gasteiger charge is 2.45. The number of rotatable bonds is 12. The lowest BCUT2D eigenvalue weighted by atomic mass is 10.1. The highest BCUT2D eigenvalue weighted by atomic mass is 35.5. The molecule has 0 amide bonds. The monoisotopic (exact) mass is 610 g/mol. The second-order valence-electron chi connectivity index (χ2n) is 9.91. The van der Waals surface area contributed by atoms with Crippen molar-refractivity contribution in [1.29, 1.82) is 0 Å². The minimum atomic E-state index is -4.12. The van der Waals surface area contributed by atoms with E-state index in [2.05, 4.69) is 15.2 Å². The summed E-state index contributed by atoms with van der Waals surface area (Å²) >= 11 is 6.55. The maximum absolute atomic E-state index is 14.5. The van der Waals surface area contributed by atoms with Crippen LogP contribution in [0.4, 0.5) is 5.13 Å². The molecule has 0 aliphatic rings. The van der Waals surface area contributed by atoms with Gasteiger partial charge in [-0.25, -0.2) is 15.2 Å². The third-order valence-corrected chi connectivity index (χ3v) is 9.26. The highest BCUT2D eigenvalue weighted by molar-refractivity contribution is 7.67. The van der Waals surface area contributed by atoms with Gasteiger partial charge in [0.2, 0.25) is 5.78 Å². The number of furan rings is 1. The number of ketones is 1. The summed E-state index contributed by atoms with van der Waals surface area (Å²) in [6, 6.07) is 9.50. The maximum atomic E-state index is 14.5. The lowest BCUT2D eigenvalue weighted by Gasteiger charge is -2.34. The first kappa shape index (κ1) is 31.5. The normalized spacial score (nSPS) is 13.5. The van der Waals surface area contributed by atoms with Gasteiger partial charge in [0.05, 0.1) is 6.61 Å². The van der Waals surface area contributed by atoms with Crippen molar-refractivity contribution in [1.82, 2.24) is 15.2 Å². The Morgan fingerprint density at radius 3 is 2.15 bits per heavy atom. The zero-order chi connectivity index (χ0) is 29.9. The number of benzene rings is 1. The van der Waals surface area contributed by atoms with Crippen molar-refractivity contribution in [2.24, 2.45) is 0 Å². The summed E-state index contributed by atoms with van der Waals surface area (Å²) in [4.78, 5) is 43.0. The molecular weight excluding hydrogens is 579 g/mol. The van der Waals surface area contributed by atoms with Crippen LogP contribution >= 0.6 is 30.4 Å². The molecule has 4 N–H and O–H groups in total. The van der Waals surface area contributed by atoms with Crippen molar-refractivity contribution in [2.75, 3.05) is 18.4 Å². The van der Waals surface area contributed by atoms with Crippen LogP contribution in [0.3, 0.4) is 0 Å². The Kier molecular flexibility index (Phi) is 9.64. The molecule has 40 heavy (non-hydrogen) atoms. The number of halogens is 1. The smallest absolute Gasteiger partial charge is 0.327 e. The average molecular weight is 611 g/mol. The average Bonchev–Trinajstić information content (AvgIpc) is 3.51. The minimum absolute atomic E-state index is 0.100. The number of nitrogens with one attached hydrogen (secondary N) is 2. The SMILES string of the molecule is CCOC(=O)C(C)(C)NP(=O)(NC(C)(C)C(=O)OCCl)c1ccc(-c2nc(N)sc2C(=O)c2ccc(C)cc2)o1. The summed E-state index contributed by atoms with van der Waals surface area (Å²) in [6.07, 6.45) is 0. The number of ether oxygens (including phenoxy) is 2. The van der Waals surface area contributed by atoms with Crippen LogP contribution in [0.2, 0.25) is 0 Å². The van der Waals surface area contributed by atoms with Crippen LogP contribution in [0.5, 0.6) is 0 Å². The summed E-state index contributed by atoms with van der Waals surface area (Å²) in [7, 11) is -4.12. The number of nitrogens with two attached hydrogens (primary N) is 1. The number of carbonyl (C=O) groups is 3. The van der Waals surface area contributed by atoms with Gasteiger partial charge in [-0.2, -0.15) is 0 Å². The van der Waals surface area contributed by atoms with Gasteiger partial charge in [0, 0.05) is 5.56 Å². The van der Waals surface area contributed by atoms with Crippen LogP contribution in [0.1, 0.15) is 55.4 Å². The summed E-state index contributed by atoms with van der Waals surface area (Å²) in [6.45, 7) is 9.50. The van der Waals surface area contributed by atoms with Gasteiger partial charge in [-0.15, -0.1) is 0 Å². The van der Waals surface area contributed by atoms with Gasteiger partial charge in [0.25, 0.3) is 7.44 Å². The van der Waals surface area contributed by atoms with Crippen molar-refractivity contribution in [3.63, 3.8) is 0 Å². The molecule has 3 rings (SSSR count). The first-order valence-corrected chi connectivity index (χ1v) is 15.3. The van der Waals surface area contributed by atoms with E-state index in [1.165, 1.54) is 39.8 Å². The van der Waals surface area contributed by atoms with E-state index in [0.717, 1.165) is 16.9 Å². The number of anilines is 1. The standard InChI is InChI=1S/C26H32ClN4O7PS/c1-7-36-22(33)25(3,4)30-39(35,31-26(5,6)23(34)37-14-27)18-13-12-17(38-18)19-21(40-24(28)29-19)20(32)16-10-8-15(2)9-11-16/h8-13H,7,14H2,1-6H3,(H2,28,29)(H2,30,31,35). The Bertz CT molecular complexity index is 1410. The van der Waals surface area contributed by atoms with Gasteiger partial charge < -0.3 is 19.6 Å². The Hall–Kier alpha value is -3.02. The topological polar surface area (TPSA) is 163 Å². The molecule has 1 aromatic carbocycles. The number of thiazole rings is 1. The second-order valence-corrected chi connectivity index (χ2v) is 13.3. The van der Waals surface area contributed by atoms with Crippen molar-refractivity contribution in [2.45, 2.75) is 52.6 Å². The second kappa shape index (κ2) is 12.2. The fourth-order valence-electron chi connectivity index (χ4n) is 3.68. The molecular formula is C26H32ClN4O7PS. The van der Waals surface area contributed by atoms with E-state index in [4.69, 9.17) is 31.2 Å². The Labute approximate surface area is 241 Å². The van der Waals surface area contributed by atoms with Gasteiger partial charge in [-0.3, -0.25) is 18.9 Å². The number of nitrogens with zero attached hydrogens (tertiary/aromatic N) is 1. The van der Waals surface area contributed by atoms with Gasteiger partial charge in [-0.05, 0) is 53.7 Å². The quantitative estimate of drug-likeness (QED) is 0.115. The molecule has 1 atom stereocenters. The number of hydrogen-bond acceptors (Lipinski definition) is 10. The molecule has 0 radical (unpaired) electrons. The highest BCUT2D eigenvalue weighted by Crippen LogP contribution is 2.43.